The van der Waals surface area contributed by atoms with E-state index in [1.807, 2.05) is 36.4 Å². The van der Waals surface area contributed by atoms with E-state index >= 15 is 0 Å². The number of ether oxygens (including phenoxy) is 3. The summed E-state index contributed by atoms with van der Waals surface area (Å²) in [6, 6.07) is 7.31. The SMILES string of the molecule is CCOC(=O)N1CCN(C(=O)C2[C@H]3C(=O)N(c4ccc(OC)cc4)C[C@]34C=C[C@H]2O4)CC1. The molecular formula is C23H27N3O6. The van der Waals surface area contributed by atoms with Crippen LogP contribution in [0.3, 0.4) is 0 Å². The van der Waals surface area contributed by atoms with Crippen LogP contribution < -0.4 is 9.64 Å². The molecule has 0 aromatic heterocycles. The molecular weight excluding hydrogens is 414 g/mol. The molecule has 3 fully saturated rings. The topological polar surface area (TPSA) is 88.6 Å². The quantitative estimate of drug-likeness (QED) is 0.654. The number of anilines is 1. The average molecular weight is 441 g/mol. The van der Waals surface area contributed by atoms with Gasteiger partial charge in [-0.3, -0.25) is 9.59 Å². The minimum Gasteiger partial charge on any atom is -0.497 e. The van der Waals surface area contributed by atoms with Crippen molar-refractivity contribution in [1.29, 1.82) is 0 Å². The Kier molecular flexibility index (Phi) is 5.08. The van der Waals surface area contributed by atoms with Crippen LogP contribution in [0.25, 0.3) is 0 Å². The van der Waals surface area contributed by atoms with Crippen LogP contribution in [-0.2, 0) is 19.1 Å². The second-order valence-electron chi connectivity index (χ2n) is 8.53. The number of nitrogens with zero attached hydrogens (tertiary/aromatic N) is 3. The van der Waals surface area contributed by atoms with Gasteiger partial charge in [0.2, 0.25) is 11.8 Å². The largest absolute Gasteiger partial charge is 0.497 e. The number of hydrogen-bond donors (Lipinski definition) is 0. The van der Waals surface area contributed by atoms with Gasteiger partial charge < -0.3 is 28.9 Å². The van der Waals surface area contributed by atoms with E-state index in [0.29, 0.717) is 45.1 Å². The van der Waals surface area contributed by atoms with E-state index in [2.05, 4.69) is 0 Å². The molecule has 4 aliphatic heterocycles. The lowest BCUT2D eigenvalue weighted by molar-refractivity contribution is -0.141. The maximum absolute atomic E-state index is 13.5. The van der Waals surface area contributed by atoms with Crippen molar-refractivity contribution < 1.29 is 28.6 Å². The third-order valence-corrected chi connectivity index (χ3v) is 6.89. The number of hydrogen-bond acceptors (Lipinski definition) is 6. The van der Waals surface area contributed by atoms with Gasteiger partial charge in [0, 0.05) is 31.9 Å². The molecule has 4 heterocycles. The fourth-order valence-electron chi connectivity index (χ4n) is 5.30. The van der Waals surface area contributed by atoms with Crippen molar-refractivity contribution in [3.63, 3.8) is 0 Å². The van der Waals surface area contributed by atoms with Gasteiger partial charge in [-0.1, -0.05) is 12.2 Å². The summed E-state index contributed by atoms with van der Waals surface area (Å²) in [6.45, 7) is 4.14. The Labute approximate surface area is 186 Å². The Morgan fingerprint density at radius 3 is 2.47 bits per heavy atom. The fourth-order valence-corrected chi connectivity index (χ4v) is 5.30. The Morgan fingerprint density at radius 1 is 1.12 bits per heavy atom. The summed E-state index contributed by atoms with van der Waals surface area (Å²) < 4.78 is 16.5. The van der Waals surface area contributed by atoms with Gasteiger partial charge in [-0.15, -0.1) is 0 Å². The fraction of sp³-hybridized carbons (Fsp3) is 0.522. The third-order valence-electron chi connectivity index (χ3n) is 6.89. The van der Waals surface area contributed by atoms with Crippen molar-refractivity contribution >= 4 is 23.6 Å². The summed E-state index contributed by atoms with van der Waals surface area (Å²) in [5.74, 6) is -0.559. The van der Waals surface area contributed by atoms with Crippen LogP contribution in [0.5, 0.6) is 5.75 Å². The van der Waals surface area contributed by atoms with Gasteiger partial charge in [-0.05, 0) is 31.2 Å². The van der Waals surface area contributed by atoms with Crippen molar-refractivity contribution in [1.82, 2.24) is 9.80 Å². The second-order valence-corrected chi connectivity index (χ2v) is 8.53. The molecule has 1 unspecified atom stereocenters. The number of piperazine rings is 1. The van der Waals surface area contributed by atoms with Gasteiger partial charge in [-0.2, -0.15) is 0 Å². The highest BCUT2D eigenvalue weighted by atomic mass is 16.6. The highest BCUT2D eigenvalue weighted by Crippen LogP contribution is 2.53. The monoisotopic (exact) mass is 441 g/mol. The lowest BCUT2D eigenvalue weighted by Crippen LogP contribution is -2.54. The zero-order valence-electron chi connectivity index (χ0n) is 18.2. The van der Waals surface area contributed by atoms with Gasteiger partial charge >= 0.3 is 6.09 Å². The van der Waals surface area contributed by atoms with Crippen molar-refractivity contribution in [3.8, 4) is 5.75 Å². The first kappa shape index (κ1) is 20.8. The molecule has 1 aromatic rings. The summed E-state index contributed by atoms with van der Waals surface area (Å²) in [5, 5.41) is 0. The van der Waals surface area contributed by atoms with E-state index < -0.39 is 23.5 Å². The number of carbonyl (C=O) groups excluding carboxylic acids is 3. The van der Waals surface area contributed by atoms with Gasteiger partial charge in [0.15, 0.2) is 0 Å². The van der Waals surface area contributed by atoms with Crippen LogP contribution in [0.2, 0.25) is 0 Å². The Bertz CT molecular complexity index is 955. The molecule has 3 saturated heterocycles. The Morgan fingerprint density at radius 2 is 1.81 bits per heavy atom. The van der Waals surface area contributed by atoms with Crippen molar-refractivity contribution in [2.45, 2.75) is 18.6 Å². The minimum absolute atomic E-state index is 0.0836. The van der Waals surface area contributed by atoms with Crippen LogP contribution in [-0.4, -0.2) is 85.9 Å². The molecule has 9 heteroatoms. The molecule has 170 valence electrons. The summed E-state index contributed by atoms with van der Waals surface area (Å²) in [6.07, 6.45) is 3.12. The molecule has 0 aliphatic carbocycles. The van der Waals surface area contributed by atoms with E-state index in [1.165, 1.54) is 0 Å². The van der Waals surface area contributed by atoms with Crippen molar-refractivity contribution in [2.24, 2.45) is 11.8 Å². The van der Waals surface area contributed by atoms with Crippen LogP contribution in [0, 0.1) is 11.8 Å². The maximum atomic E-state index is 13.5. The Hall–Kier alpha value is -3.07. The Balaban J connectivity index is 1.32. The molecule has 1 aromatic carbocycles. The van der Waals surface area contributed by atoms with Gasteiger partial charge in [-0.25, -0.2) is 4.79 Å². The second kappa shape index (κ2) is 7.81. The number of fused-ring (bicyclic) bond motifs is 1. The zero-order valence-corrected chi connectivity index (χ0v) is 18.2. The lowest BCUT2D eigenvalue weighted by Gasteiger charge is -2.36. The molecule has 3 amide bonds. The van der Waals surface area contributed by atoms with Crippen LogP contribution >= 0.6 is 0 Å². The first-order chi connectivity index (χ1) is 15.5. The summed E-state index contributed by atoms with van der Waals surface area (Å²) in [7, 11) is 1.60. The van der Waals surface area contributed by atoms with Crippen molar-refractivity contribution in [2.75, 3.05) is 51.3 Å². The summed E-state index contributed by atoms with van der Waals surface area (Å²) in [5.41, 5.74) is -0.0105. The number of carbonyl (C=O) groups is 3. The van der Waals surface area contributed by atoms with Gasteiger partial charge in [0.05, 0.1) is 38.2 Å². The number of amides is 3. The highest BCUT2D eigenvalue weighted by molar-refractivity contribution is 6.03. The molecule has 2 bridgehead atoms. The van der Waals surface area contributed by atoms with E-state index in [4.69, 9.17) is 14.2 Å². The normalized spacial score (nSPS) is 30.6. The van der Waals surface area contributed by atoms with Crippen molar-refractivity contribution in [3.05, 3.63) is 36.4 Å². The van der Waals surface area contributed by atoms with E-state index in [0.717, 1.165) is 5.69 Å². The standard InChI is InChI=1S/C23H27N3O6/c1-3-31-22(29)25-12-10-24(11-13-25)20(27)18-17-8-9-23(32-17)14-26(21(28)19(18)23)15-4-6-16(30-2)7-5-15/h4-9,17-19H,3,10-14H2,1-2H3/t17-,18?,19+,23-/m1/s1. The number of rotatable bonds is 4. The summed E-state index contributed by atoms with van der Waals surface area (Å²) in [4.78, 5) is 44.0. The molecule has 4 atom stereocenters. The molecule has 0 saturated carbocycles. The smallest absolute Gasteiger partial charge is 0.409 e. The molecule has 32 heavy (non-hydrogen) atoms. The van der Waals surface area contributed by atoms with Crippen LogP contribution in [0.1, 0.15) is 6.92 Å². The van der Waals surface area contributed by atoms with E-state index in [9.17, 15) is 14.4 Å². The minimum atomic E-state index is -0.769. The molecule has 5 rings (SSSR count). The molecule has 0 N–H and O–H groups in total. The molecule has 1 spiro atoms. The number of methoxy groups -OCH3 is 1. The molecule has 9 nitrogen and oxygen atoms in total. The zero-order chi connectivity index (χ0) is 22.5. The average Bonchev–Trinajstić information content (AvgIpc) is 3.47. The summed E-state index contributed by atoms with van der Waals surface area (Å²) >= 11 is 0. The van der Waals surface area contributed by atoms with Gasteiger partial charge in [0.25, 0.3) is 0 Å². The first-order valence-corrected chi connectivity index (χ1v) is 11.0. The van der Waals surface area contributed by atoms with E-state index in [1.54, 1.807) is 28.7 Å². The molecule has 0 radical (unpaired) electrons. The lowest BCUT2D eigenvalue weighted by atomic mass is 9.76. The third kappa shape index (κ3) is 3.14. The highest BCUT2D eigenvalue weighted by Gasteiger charge is 2.67. The molecule has 4 aliphatic rings. The van der Waals surface area contributed by atoms with Crippen LogP contribution in [0.15, 0.2) is 36.4 Å². The predicted octanol–water partition coefficient (Wildman–Crippen LogP) is 1.28. The van der Waals surface area contributed by atoms with E-state index in [-0.39, 0.29) is 17.9 Å². The predicted molar refractivity (Wildman–Crippen MR) is 114 cm³/mol. The first-order valence-electron chi connectivity index (χ1n) is 11.0. The number of benzene rings is 1. The van der Waals surface area contributed by atoms with Crippen LogP contribution in [0.4, 0.5) is 10.5 Å². The van der Waals surface area contributed by atoms with Gasteiger partial charge in [0.1, 0.15) is 11.4 Å². The maximum Gasteiger partial charge on any atom is 0.409 e.